The molecular formula is C22H32BrClN4O4. The van der Waals surface area contributed by atoms with Gasteiger partial charge in [-0.2, -0.15) is 0 Å². The van der Waals surface area contributed by atoms with Crippen LogP contribution in [-0.2, 0) is 9.53 Å². The summed E-state index contributed by atoms with van der Waals surface area (Å²) in [5.74, 6) is 0.629. The molecule has 178 valence electrons. The maximum Gasteiger partial charge on any atom is 0.410 e. The summed E-state index contributed by atoms with van der Waals surface area (Å²) in [5.41, 5.74) is 0.227. The van der Waals surface area contributed by atoms with Gasteiger partial charge in [-0.15, -0.1) is 0 Å². The Kier molecular flexibility index (Phi) is 7.83. The Balaban J connectivity index is 1.47. The quantitative estimate of drug-likeness (QED) is 0.625. The van der Waals surface area contributed by atoms with Crippen molar-refractivity contribution in [3.05, 3.63) is 21.6 Å². The van der Waals surface area contributed by atoms with Crippen molar-refractivity contribution in [3.8, 4) is 5.75 Å². The standard InChI is InChI=1S/C22H32BrClN4O4/c1-14(25-18-10-16(23)17(24)11-19(18)31-5)20(29)27-8-6-26(7-9-27)15-12-28(13-15)21(30)32-22(2,3)4/h10-11,14-15,25H,6-9,12-13H2,1-5H3. The lowest BCUT2D eigenvalue weighted by Crippen LogP contribution is -2.65. The van der Waals surface area contributed by atoms with E-state index in [1.54, 1.807) is 18.1 Å². The first-order valence-corrected chi connectivity index (χ1v) is 12.0. The summed E-state index contributed by atoms with van der Waals surface area (Å²) in [6, 6.07) is 3.44. The molecule has 2 aliphatic heterocycles. The number of anilines is 1. The first-order chi connectivity index (χ1) is 15.0. The van der Waals surface area contributed by atoms with Crippen LogP contribution in [0.15, 0.2) is 16.6 Å². The normalized spacial score (nSPS) is 18.7. The maximum atomic E-state index is 13.0. The fraction of sp³-hybridized carbons (Fsp3) is 0.636. The number of benzene rings is 1. The van der Waals surface area contributed by atoms with Crippen LogP contribution < -0.4 is 10.1 Å². The Labute approximate surface area is 203 Å². The summed E-state index contributed by atoms with van der Waals surface area (Å²) in [7, 11) is 1.57. The summed E-state index contributed by atoms with van der Waals surface area (Å²) >= 11 is 9.54. The number of nitrogens with one attached hydrogen (secondary N) is 1. The Morgan fingerprint density at radius 3 is 2.34 bits per heavy atom. The van der Waals surface area contributed by atoms with E-state index in [4.69, 9.17) is 21.1 Å². The molecule has 32 heavy (non-hydrogen) atoms. The number of nitrogens with zero attached hydrogens (tertiary/aromatic N) is 3. The lowest BCUT2D eigenvalue weighted by Gasteiger charge is -2.48. The molecule has 2 amide bonds. The molecule has 2 heterocycles. The minimum atomic E-state index is -0.481. The lowest BCUT2D eigenvalue weighted by atomic mass is 10.1. The molecule has 0 aliphatic carbocycles. The smallest absolute Gasteiger partial charge is 0.410 e. The average molecular weight is 532 g/mol. The molecule has 1 aromatic rings. The first-order valence-electron chi connectivity index (χ1n) is 10.8. The molecule has 1 unspecified atom stereocenters. The number of rotatable bonds is 5. The monoisotopic (exact) mass is 530 g/mol. The molecule has 10 heteroatoms. The molecule has 0 bridgehead atoms. The SMILES string of the molecule is COc1cc(Cl)c(Br)cc1NC(C)C(=O)N1CCN(C2CN(C(=O)OC(C)(C)C)C2)CC1. The van der Waals surface area contributed by atoms with Crippen LogP contribution in [0.3, 0.4) is 0 Å². The van der Waals surface area contributed by atoms with Crippen molar-refractivity contribution in [2.75, 3.05) is 51.7 Å². The van der Waals surface area contributed by atoms with Crippen LogP contribution in [0.2, 0.25) is 5.02 Å². The third-order valence-electron chi connectivity index (χ3n) is 5.64. The molecule has 1 N–H and O–H groups in total. The maximum absolute atomic E-state index is 13.0. The van der Waals surface area contributed by atoms with Crippen LogP contribution in [0.25, 0.3) is 0 Å². The molecule has 0 saturated carbocycles. The fourth-order valence-electron chi connectivity index (χ4n) is 3.85. The second-order valence-corrected chi connectivity index (χ2v) is 10.5. The third-order valence-corrected chi connectivity index (χ3v) is 6.84. The minimum Gasteiger partial charge on any atom is -0.495 e. The Bertz CT molecular complexity index is 849. The van der Waals surface area contributed by atoms with Crippen molar-refractivity contribution in [1.29, 1.82) is 0 Å². The zero-order chi connectivity index (χ0) is 23.6. The zero-order valence-electron chi connectivity index (χ0n) is 19.3. The molecule has 3 rings (SSSR count). The number of ether oxygens (including phenoxy) is 2. The first kappa shape index (κ1) is 24.9. The van der Waals surface area contributed by atoms with Crippen molar-refractivity contribution >= 4 is 45.2 Å². The number of hydrogen-bond donors (Lipinski definition) is 1. The summed E-state index contributed by atoms with van der Waals surface area (Å²) in [5, 5.41) is 3.79. The highest BCUT2D eigenvalue weighted by molar-refractivity contribution is 9.10. The highest BCUT2D eigenvalue weighted by Gasteiger charge is 2.38. The molecule has 2 fully saturated rings. The van der Waals surface area contributed by atoms with Crippen molar-refractivity contribution in [2.45, 2.75) is 45.4 Å². The van der Waals surface area contributed by atoms with E-state index < -0.39 is 11.6 Å². The van der Waals surface area contributed by atoms with E-state index in [9.17, 15) is 9.59 Å². The number of hydrogen-bond acceptors (Lipinski definition) is 6. The van der Waals surface area contributed by atoms with Gasteiger partial charge in [0, 0.05) is 55.8 Å². The molecule has 1 aromatic carbocycles. The lowest BCUT2D eigenvalue weighted by molar-refractivity contribution is -0.134. The Morgan fingerprint density at radius 1 is 1.16 bits per heavy atom. The van der Waals surface area contributed by atoms with Gasteiger partial charge in [0.15, 0.2) is 0 Å². The van der Waals surface area contributed by atoms with Crippen molar-refractivity contribution in [1.82, 2.24) is 14.7 Å². The van der Waals surface area contributed by atoms with E-state index in [2.05, 4.69) is 26.1 Å². The van der Waals surface area contributed by atoms with Gasteiger partial charge in [-0.3, -0.25) is 9.69 Å². The molecular weight excluding hydrogens is 500 g/mol. The fourth-order valence-corrected chi connectivity index (χ4v) is 4.35. The van der Waals surface area contributed by atoms with E-state index >= 15 is 0 Å². The number of likely N-dealkylation sites (tertiary alicyclic amines) is 1. The van der Waals surface area contributed by atoms with Gasteiger partial charge in [-0.25, -0.2) is 4.79 Å². The van der Waals surface area contributed by atoms with Crippen LogP contribution in [0, 0.1) is 0 Å². The van der Waals surface area contributed by atoms with Gasteiger partial charge in [0.25, 0.3) is 0 Å². The van der Waals surface area contributed by atoms with Gasteiger partial charge in [-0.1, -0.05) is 11.6 Å². The Morgan fingerprint density at radius 2 is 1.78 bits per heavy atom. The van der Waals surface area contributed by atoms with Gasteiger partial charge in [0.2, 0.25) is 5.91 Å². The number of carbonyl (C=O) groups excluding carboxylic acids is 2. The third kappa shape index (κ3) is 5.99. The van der Waals surface area contributed by atoms with E-state index in [0.29, 0.717) is 48.7 Å². The van der Waals surface area contributed by atoms with Crippen molar-refractivity contribution in [3.63, 3.8) is 0 Å². The Hall–Kier alpha value is -1.71. The largest absolute Gasteiger partial charge is 0.495 e. The predicted molar refractivity (Wildman–Crippen MR) is 129 cm³/mol. The second kappa shape index (κ2) is 10.1. The van der Waals surface area contributed by atoms with E-state index in [0.717, 1.165) is 17.6 Å². The van der Waals surface area contributed by atoms with Gasteiger partial charge in [0.05, 0.1) is 17.8 Å². The summed E-state index contributed by atoms with van der Waals surface area (Å²) in [6.45, 7) is 11.7. The summed E-state index contributed by atoms with van der Waals surface area (Å²) in [4.78, 5) is 31.1. The number of methoxy groups -OCH3 is 1. The summed E-state index contributed by atoms with van der Waals surface area (Å²) in [6.07, 6.45) is -0.258. The van der Waals surface area contributed by atoms with Crippen LogP contribution in [0.5, 0.6) is 5.75 Å². The number of amides is 2. The average Bonchev–Trinajstić information content (AvgIpc) is 2.68. The van der Waals surface area contributed by atoms with Crippen LogP contribution in [0.1, 0.15) is 27.7 Å². The van der Waals surface area contributed by atoms with Gasteiger partial charge >= 0.3 is 6.09 Å². The minimum absolute atomic E-state index is 0.0433. The molecule has 0 spiro atoms. The van der Waals surface area contributed by atoms with Crippen LogP contribution in [-0.4, -0.2) is 90.8 Å². The van der Waals surface area contributed by atoms with E-state index in [-0.39, 0.29) is 12.0 Å². The number of piperazine rings is 1. The highest BCUT2D eigenvalue weighted by Crippen LogP contribution is 2.34. The second-order valence-electron chi connectivity index (χ2n) is 9.23. The zero-order valence-corrected chi connectivity index (χ0v) is 21.6. The van der Waals surface area contributed by atoms with Crippen LogP contribution in [0.4, 0.5) is 10.5 Å². The van der Waals surface area contributed by atoms with Crippen molar-refractivity contribution < 1.29 is 19.1 Å². The predicted octanol–water partition coefficient (Wildman–Crippen LogP) is 3.68. The molecule has 1 atom stereocenters. The van der Waals surface area contributed by atoms with Gasteiger partial charge < -0.3 is 24.6 Å². The number of halogens is 2. The molecule has 0 aromatic heterocycles. The van der Waals surface area contributed by atoms with Crippen molar-refractivity contribution in [2.24, 2.45) is 0 Å². The van der Waals surface area contributed by atoms with Gasteiger partial charge in [0.1, 0.15) is 17.4 Å². The summed E-state index contributed by atoms with van der Waals surface area (Å²) < 4.78 is 11.5. The molecule has 0 radical (unpaired) electrons. The molecule has 2 aliphatic rings. The molecule has 8 nitrogen and oxygen atoms in total. The van der Waals surface area contributed by atoms with Crippen LogP contribution >= 0.6 is 27.5 Å². The highest BCUT2D eigenvalue weighted by atomic mass is 79.9. The molecule has 2 saturated heterocycles. The van der Waals surface area contributed by atoms with E-state index in [1.165, 1.54) is 0 Å². The van der Waals surface area contributed by atoms with Gasteiger partial charge in [-0.05, 0) is 49.7 Å². The topological polar surface area (TPSA) is 74.4 Å². The van der Waals surface area contributed by atoms with E-state index in [1.807, 2.05) is 38.7 Å². The number of carbonyl (C=O) groups is 2.